The highest BCUT2D eigenvalue weighted by atomic mass is 35.5. The summed E-state index contributed by atoms with van der Waals surface area (Å²) in [6.45, 7) is 2.09. The highest BCUT2D eigenvalue weighted by Gasteiger charge is 2.43. The number of pyridine rings is 1. The van der Waals surface area contributed by atoms with Crippen LogP contribution in [0.1, 0.15) is 42.1 Å². The van der Waals surface area contributed by atoms with E-state index in [0.717, 1.165) is 24.8 Å². The zero-order valence-electron chi connectivity index (χ0n) is 15.3. The van der Waals surface area contributed by atoms with Crippen molar-refractivity contribution in [1.29, 1.82) is 0 Å². The van der Waals surface area contributed by atoms with Gasteiger partial charge >= 0.3 is 0 Å². The Balaban J connectivity index is 1.71. The zero-order valence-corrected chi connectivity index (χ0v) is 16.8. The molecule has 0 aliphatic heterocycles. The standard InChI is InChI=1S/C20H20Cl2FN3O2/c1-2-3-4-11-7-14(21)18(15(22)8-11)20(28)25-12-5-6-24-17(9-12)26-19(27)13-10-16(13)23/h5-9,13,16H,2-4,10H2,1H3,(H2,24,25,26,27,28)/t13-,16+/m1/s1. The summed E-state index contributed by atoms with van der Waals surface area (Å²) in [4.78, 5) is 28.5. The summed E-state index contributed by atoms with van der Waals surface area (Å²) in [6, 6.07) is 6.56. The fourth-order valence-electron chi connectivity index (χ4n) is 2.79. The zero-order chi connectivity index (χ0) is 20.3. The van der Waals surface area contributed by atoms with E-state index in [1.165, 1.54) is 12.3 Å². The van der Waals surface area contributed by atoms with Crippen LogP contribution in [0.5, 0.6) is 0 Å². The SMILES string of the molecule is CCCCc1cc(Cl)c(C(=O)Nc2ccnc(NC(=O)[C@@H]3C[C@@H]3F)c2)c(Cl)c1. The average molecular weight is 424 g/mol. The van der Waals surface area contributed by atoms with Gasteiger partial charge in [0.2, 0.25) is 5.91 Å². The van der Waals surface area contributed by atoms with Crippen molar-refractivity contribution >= 4 is 46.5 Å². The molecule has 8 heteroatoms. The number of aromatic nitrogens is 1. The predicted molar refractivity (Wildman–Crippen MR) is 109 cm³/mol. The normalized spacial score (nSPS) is 17.9. The van der Waals surface area contributed by atoms with Crippen molar-refractivity contribution < 1.29 is 14.0 Å². The second-order valence-corrected chi connectivity index (χ2v) is 7.58. The van der Waals surface area contributed by atoms with Crippen LogP contribution in [0.3, 0.4) is 0 Å². The van der Waals surface area contributed by atoms with Crippen molar-refractivity contribution in [2.75, 3.05) is 10.6 Å². The Kier molecular flexibility index (Phi) is 6.52. The second kappa shape index (κ2) is 8.88. The molecular formula is C20H20Cl2FN3O2. The van der Waals surface area contributed by atoms with E-state index in [-0.39, 0.29) is 27.8 Å². The molecule has 2 aromatic rings. The molecule has 2 atom stereocenters. The van der Waals surface area contributed by atoms with Gasteiger partial charge in [0, 0.05) is 18.0 Å². The number of carbonyl (C=O) groups excluding carboxylic acids is 2. The molecule has 1 fully saturated rings. The number of nitrogens with zero attached hydrogens (tertiary/aromatic N) is 1. The van der Waals surface area contributed by atoms with Gasteiger partial charge in [-0.25, -0.2) is 9.37 Å². The Morgan fingerprint density at radius 1 is 1.21 bits per heavy atom. The number of hydrogen-bond acceptors (Lipinski definition) is 3. The second-order valence-electron chi connectivity index (χ2n) is 6.77. The molecule has 1 aliphatic rings. The molecule has 0 radical (unpaired) electrons. The summed E-state index contributed by atoms with van der Waals surface area (Å²) >= 11 is 12.6. The van der Waals surface area contributed by atoms with Gasteiger partial charge in [-0.2, -0.15) is 0 Å². The predicted octanol–water partition coefficient (Wildman–Crippen LogP) is 5.28. The first-order chi connectivity index (χ1) is 13.4. The van der Waals surface area contributed by atoms with E-state index >= 15 is 0 Å². The van der Waals surface area contributed by atoms with Crippen LogP contribution in [0.25, 0.3) is 0 Å². The van der Waals surface area contributed by atoms with Crippen LogP contribution >= 0.6 is 23.2 Å². The van der Waals surface area contributed by atoms with Crippen LogP contribution in [0.2, 0.25) is 10.0 Å². The van der Waals surface area contributed by atoms with Gasteiger partial charge in [0.1, 0.15) is 12.0 Å². The summed E-state index contributed by atoms with van der Waals surface area (Å²) in [5.41, 5.74) is 1.57. The molecule has 1 aliphatic carbocycles. The molecule has 3 rings (SSSR count). The Morgan fingerprint density at radius 3 is 2.50 bits per heavy atom. The van der Waals surface area contributed by atoms with Gasteiger partial charge < -0.3 is 10.6 Å². The summed E-state index contributed by atoms with van der Waals surface area (Å²) in [7, 11) is 0. The van der Waals surface area contributed by atoms with Gasteiger partial charge in [-0.1, -0.05) is 36.5 Å². The molecule has 1 aromatic heterocycles. The largest absolute Gasteiger partial charge is 0.322 e. The number of nitrogens with one attached hydrogen (secondary N) is 2. The number of alkyl halides is 1. The molecular weight excluding hydrogens is 404 g/mol. The number of anilines is 2. The van der Waals surface area contributed by atoms with Crippen LogP contribution in [0, 0.1) is 5.92 Å². The lowest BCUT2D eigenvalue weighted by Gasteiger charge is -2.11. The van der Waals surface area contributed by atoms with E-state index in [9.17, 15) is 14.0 Å². The van der Waals surface area contributed by atoms with Gasteiger partial charge in [0.25, 0.3) is 5.91 Å². The van der Waals surface area contributed by atoms with Gasteiger partial charge in [0.15, 0.2) is 0 Å². The van der Waals surface area contributed by atoms with Crippen LogP contribution in [0.15, 0.2) is 30.5 Å². The van der Waals surface area contributed by atoms with E-state index in [0.29, 0.717) is 5.69 Å². The molecule has 148 valence electrons. The summed E-state index contributed by atoms with van der Waals surface area (Å²) in [5, 5.41) is 5.80. The third-order valence-corrected chi connectivity index (χ3v) is 5.06. The smallest absolute Gasteiger partial charge is 0.258 e. The number of amides is 2. The lowest BCUT2D eigenvalue weighted by molar-refractivity contribution is -0.117. The lowest BCUT2D eigenvalue weighted by atomic mass is 10.1. The monoisotopic (exact) mass is 423 g/mol. The Hall–Kier alpha value is -2.18. The maximum absolute atomic E-state index is 13.0. The number of halogens is 3. The molecule has 1 aromatic carbocycles. The minimum atomic E-state index is -1.09. The molecule has 0 saturated heterocycles. The quantitative estimate of drug-likeness (QED) is 0.636. The topological polar surface area (TPSA) is 71.1 Å². The summed E-state index contributed by atoms with van der Waals surface area (Å²) < 4.78 is 13.0. The van der Waals surface area contributed by atoms with Gasteiger partial charge in [0.05, 0.1) is 21.5 Å². The van der Waals surface area contributed by atoms with Crippen molar-refractivity contribution in [2.45, 2.75) is 38.8 Å². The number of aryl methyl sites for hydroxylation is 1. The van der Waals surface area contributed by atoms with Crippen LogP contribution in [-0.4, -0.2) is 23.0 Å². The van der Waals surface area contributed by atoms with Gasteiger partial charge in [-0.15, -0.1) is 0 Å². The minimum Gasteiger partial charge on any atom is -0.322 e. The van der Waals surface area contributed by atoms with E-state index < -0.39 is 23.9 Å². The molecule has 5 nitrogen and oxygen atoms in total. The first-order valence-electron chi connectivity index (χ1n) is 9.09. The van der Waals surface area contributed by atoms with E-state index in [1.807, 2.05) is 0 Å². The molecule has 0 bridgehead atoms. The minimum absolute atomic E-state index is 0.184. The molecule has 1 heterocycles. The Bertz CT molecular complexity index is 884. The highest BCUT2D eigenvalue weighted by Crippen LogP contribution is 2.34. The number of rotatable bonds is 7. The number of hydrogen-bond donors (Lipinski definition) is 2. The van der Waals surface area contributed by atoms with E-state index in [2.05, 4.69) is 22.5 Å². The molecule has 0 spiro atoms. The van der Waals surface area contributed by atoms with Crippen LogP contribution in [0.4, 0.5) is 15.9 Å². The Labute approximate surface area is 172 Å². The van der Waals surface area contributed by atoms with Gasteiger partial charge in [-0.3, -0.25) is 9.59 Å². The maximum Gasteiger partial charge on any atom is 0.258 e. The van der Waals surface area contributed by atoms with Crippen LogP contribution < -0.4 is 10.6 Å². The van der Waals surface area contributed by atoms with Gasteiger partial charge in [-0.05, 0) is 43.0 Å². The van der Waals surface area contributed by atoms with Crippen molar-refractivity contribution in [3.8, 4) is 0 Å². The number of benzene rings is 1. The van der Waals surface area contributed by atoms with Crippen molar-refractivity contribution in [3.05, 3.63) is 51.6 Å². The van der Waals surface area contributed by atoms with E-state index in [1.54, 1.807) is 18.2 Å². The average Bonchev–Trinajstić information content (AvgIpc) is 3.36. The van der Waals surface area contributed by atoms with Crippen molar-refractivity contribution in [1.82, 2.24) is 4.98 Å². The molecule has 1 saturated carbocycles. The molecule has 0 unspecified atom stereocenters. The fraction of sp³-hybridized carbons (Fsp3) is 0.350. The summed E-state index contributed by atoms with van der Waals surface area (Å²) in [5.74, 6) is -1.28. The fourth-order valence-corrected chi connectivity index (χ4v) is 3.50. The Morgan fingerprint density at radius 2 is 1.89 bits per heavy atom. The first kappa shape index (κ1) is 20.6. The number of unbranched alkanes of at least 4 members (excludes halogenated alkanes) is 1. The van der Waals surface area contributed by atoms with Crippen molar-refractivity contribution in [3.63, 3.8) is 0 Å². The highest BCUT2D eigenvalue weighted by molar-refractivity contribution is 6.40. The van der Waals surface area contributed by atoms with E-state index in [4.69, 9.17) is 23.2 Å². The number of carbonyl (C=O) groups is 2. The first-order valence-corrected chi connectivity index (χ1v) is 9.85. The maximum atomic E-state index is 13.0. The molecule has 28 heavy (non-hydrogen) atoms. The lowest BCUT2D eigenvalue weighted by Crippen LogP contribution is -2.17. The molecule has 2 amide bonds. The van der Waals surface area contributed by atoms with Crippen molar-refractivity contribution in [2.24, 2.45) is 5.92 Å². The van der Waals surface area contributed by atoms with Crippen LogP contribution in [-0.2, 0) is 11.2 Å². The summed E-state index contributed by atoms with van der Waals surface area (Å²) in [6.07, 6.45) is 3.47. The molecule has 2 N–H and O–H groups in total. The third-order valence-electron chi connectivity index (χ3n) is 4.47. The third kappa shape index (κ3) is 5.00.